The summed E-state index contributed by atoms with van der Waals surface area (Å²) >= 11 is 0. The molecule has 0 aromatic carbocycles. The van der Waals surface area contributed by atoms with Crippen LogP contribution < -0.4 is 10.6 Å². The zero-order valence-corrected chi connectivity index (χ0v) is 13.6. The lowest BCUT2D eigenvalue weighted by atomic mass is 9.81. The summed E-state index contributed by atoms with van der Waals surface area (Å²) in [6, 6.07) is -0.720. The molecule has 2 rings (SSSR count). The molecule has 1 amide bonds. The van der Waals surface area contributed by atoms with E-state index < -0.39 is 6.04 Å². The number of hydrogen-bond acceptors (Lipinski definition) is 4. The second kappa shape index (κ2) is 9.48. The van der Waals surface area contributed by atoms with E-state index in [1.807, 2.05) is 0 Å². The third-order valence-electron chi connectivity index (χ3n) is 5.32. The number of piperidine rings is 1. The number of rotatable bonds is 7. The molecule has 1 aliphatic carbocycles. The molecule has 0 aromatic heterocycles. The highest BCUT2D eigenvalue weighted by molar-refractivity contribution is 5.82. The molecule has 1 aliphatic heterocycles. The number of carbonyl (C=O) groups excluding carboxylic acids is 1. The second-order valence-electron chi connectivity index (χ2n) is 7.05. The quantitative estimate of drug-likeness (QED) is 0.569. The molecule has 1 saturated heterocycles. The maximum Gasteiger partial charge on any atom is 0.237 e. The lowest BCUT2D eigenvalue weighted by molar-refractivity contribution is -0.125. The highest BCUT2D eigenvalue weighted by atomic mass is 16.3. The normalized spacial score (nSPS) is 27.0. The molecule has 1 heterocycles. The van der Waals surface area contributed by atoms with Gasteiger partial charge in [-0.15, -0.1) is 0 Å². The number of aliphatic hydroxyl groups is 2. The molecule has 128 valence electrons. The van der Waals surface area contributed by atoms with Crippen LogP contribution in [0.2, 0.25) is 0 Å². The van der Waals surface area contributed by atoms with Crippen LogP contribution in [0.25, 0.3) is 0 Å². The summed E-state index contributed by atoms with van der Waals surface area (Å²) < 4.78 is 0. The Labute approximate surface area is 133 Å². The summed E-state index contributed by atoms with van der Waals surface area (Å²) in [5, 5.41) is 24.1. The first-order valence-electron chi connectivity index (χ1n) is 8.98. The van der Waals surface area contributed by atoms with Gasteiger partial charge in [-0.3, -0.25) is 4.79 Å². The van der Waals surface area contributed by atoms with Crippen LogP contribution in [0.3, 0.4) is 0 Å². The van der Waals surface area contributed by atoms with Gasteiger partial charge in [0.1, 0.15) is 0 Å². The molecule has 5 heteroatoms. The minimum atomic E-state index is -0.545. The fraction of sp³-hybridized carbons (Fsp3) is 0.941. The lowest BCUT2D eigenvalue weighted by Crippen LogP contribution is -2.52. The molecule has 4 N–H and O–H groups in total. The highest BCUT2D eigenvalue weighted by Gasteiger charge is 2.28. The molecule has 22 heavy (non-hydrogen) atoms. The molecule has 5 nitrogen and oxygen atoms in total. The molecule has 0 aromatic rings. The SMILES string of the molecule is O=C(NC(CO)CO)[C@@H]1C[C@H](CCC2CCCCC2)CCN1. The van der Waals surface area contributed by atoms with Gasteiger partial charge in [0.2, 0.25) is 5.91 Å². The van der Waals surface area contributed by atoms with Gasteiger partial charge in [-0.05, 0) is 31.2 Å². The molecule has 2 aliphatic rings. The van der Waals surface area contributed by atoms with E-state index in [9.17, 15) is 4.79 Å². The van der Waals surface area contributed by atoms with Gasteiger partial charge in [-0.25, -0.2) is 0 Å². The number of nitrogens with one attached hydrogen (secondary N) is 2. The Bertz CT molecular complexity index is 328. The van der Waals surface area contributed by atoms with Crippen molar-refractivity contribution in [2.24, 2.45) is 11.8 Å². The minimum absolute atomic E-state index is 0.0875. The van der Waals surface area contributed by atoms with Crippen LogP contribution in [-0.4, -0.2) is 48.0 Å². The van der Waals surface area contributed by atoms with E-state index in [0.29, 0.717) is 5.92 Å². The Morgan fingerprint density at radius 2 is 1.73 bits per heavy atom. The third kappa shape index (κ3) is 5.52. The molecular formula is C17H32N2O3. The monoisotopic (exact) mass is 312 g/mol. The van der Waals surface area contributed by atoms with Gasteiger partial charge in [-0.2, -0.15) is 0 Å². The first kappa shape index (κ1) is 17.7. The molecule has 2 fully saturated rings. The van der Waals surface area contributed by atoms with Crippen molar-refractivity contribution in [2.75, 3.05) is 19.8 Å². The minimum Gasteiger partial charge on any atom is -0.394 e. The zero-order valence-electron chi connectivity index (χ0n) is 13.6. The van der Waals surface area contributed by atoms with Crippen LogP contribution in [0.15, 0.2) is 0 Å². The first-order valence-corrected chi connectivity index (χ1v) is 8.98. The summed E-state index contributed by atoms with van der Waals surface area (Å²) in [5.41, 5.74) is 0. The van der Waals surface area contributed by atoms with Gasteiger partial charge in [0, 0.05) is 0 Å². The van der Waals surface area contributed by atoms with Crippen molar-refractivity contribution in [2.45, 2.75) is 69.9 Å². The van der Waals surface area contributed by atoms with E-state index >= 15 is 0 Å². The molecule has 0 radical (unpaired) electrons. The van der Waals surface area contributed by atoms with Crippen molar-refractivity contribution in [1.29, 1.82) is 0 Å². The summed E-state index contributed by atoms with van der Waals surface area (Å²) in [7, 11) is 0. The molecule has 0 unspecified atom stereocenters. The average molecular weight is 312 g/mol. The van der Waals surface area contributed by atoms with Crippen molar-refractivity contribution in [3.8, 4) is 0 Å². The van der Waals surface area contributed by atoms with Gasteiger partial charge in [0.25, 0.3) is 0 Å². The molecule has 0 spiro atoms. The fourth-order valence-electron chi connectivity index (χ4n) is 3.86. The van der Waals surface area contributed by atoms with Gasteiger partial charge in [0.05, 0.1) is 25.3 Å². The Kier molecular flexibility index (Phi) is 7.63. The zero-order chi connectivity index (χ0) is 15.8. The third-order valence-corrected chi connectivity index (χ3v) is 5.32. The fourth-order valence-corrected chi connectivity index (χ4v) is 3.86. The molecule has 0 bridgehead atoms. The summed E-state index contributed by atoms with van der Waals surface area (Å²) in [6.45, 7) is 0.441. The van der Waals surface area contributed by atoms with Crippen LogP contribution in [0.5, 0.6) is 0 Å². The Hall–Kier alpha value is -0.650. The summed E-state index contributed by atoms with van der Waals surface area (Å²) in [5.74, 6) is 1.44. The average Bonchev–Trinajstić information content (AvgIpc) is 2.59. The number of aliphatic hydroxyl groups excluding tert-OH is 2. The smallest absolute Gasteiger partial charge is 0.237 e. The van der Waals surface area contributed by atoms with Crippen LogP contribution in [0.1, 0.15) is 57.8 Å². The molecule has 2 atom stereocenters. The molecular weight excluding hydrogens is 280 g/mol. The number of amides is 1. The predicted octanol–water partition coefficient (Wildman–Crippen LogP) is 1.18. The van der Waals surface area contributed by atoms with E-state index in [1.165, 1.54) is 44.9 Å². The lowest BCUT2D eigenvalue weighted by Gasteiger charge is -2.31. The van der Waals surface area contributed by atoms with Crippen molar-refractivity contribution in [3.63, 3.8) is 0 Å². The van der Waals surface area contributed by atoms with Crippen molar-refractivity contribution in [3.05, 3.63) is 0 Å². The summed E-state index contributed by atoms with van der Waals surface area (Å²) in [4.78, 5) is 12.2. The summed E-state index contributed by atoms with van der Waals surface area (Å²) in [6.07, 6.45) is 11.6. The van der Waals surface area contributed by atoms with E-state index in [2.05, 4.69) is 10.6 Å². The van der Waals surface area contributed by atoms with Crippen LogP contribution in [0, 0.1) is 11.8 Å². The van der Waals surface area contributed by atoms with E-state index in [0.717, 1.165) is 25.3 Å². The maximum absolute atomic E-state index is 12.2. The number of carbonyl (C=O) groups is 1. The second-order valence-corrected chi connectivity index (χ2v) is 7.05. The van der Waals surface area contributed by atoms with Crippen molar-refractivity contribution in [1.82, 2.24) is 10.6 Å². The number of hydrogen-bond donors (Lipinski definition) is 4. The standard InChI is InChI=1S/C17H32N2O3/c20-11-15(12-21)19-17(22)16-10-14(8-9-18-16)7-6-13-4-2-1-3-5-13/h13-16,18,20-21H,1-12H2,(H,19,22)/t14-,16+/m1/s1. The maximum atomic E-state index is 12.2. The first-order chi connectivity index (χ1) is 10.7. The van der Waals surface area contributed by atoms with E-state index in [1.54, 1.807) is 0 Å². The van der Waals surface area contributed by atoms with Crippen LogP contribution in [0.4, 0.5) is 0 Å². The van der Waals surface area contributed by atoms with Gasteiger partial charge in [-0.1, -0.05) is 44.9 Å². The highest BCUT2D eigenvalue weighted by Crippen LogP contribution is 2.31. The Morgan fingerprint density at radius 3 is 2.41 bits per heavy atom. The van der Waals surface area contributed by atoms with Crippen LogP contribution >= 0.6 is 0 Å². The van der Waals surface area contributed by atoms with E-state index in [-0.39, 0.29) is 25.2 Å². The predicted molar refractivity (Wildman–Crippen MR) is 86.4 cm³/mol. The van der Waals surface area contributed by atoms with Gasteiger partial charge >= 0.3 is 0 Å². The largest absolute Gasteiger partial charge is 0.394 e. The topological polar surface area (TPSA) is 81.6 Å². The Morgan fingerprint density at radius 1 is 1.05 bits per heavy atom. The van der Waals surface area contributed by atoms with Gasteiger partial charge in [0.15, 0.2) is 0 Å². The van der Waals surface area contributed by atoms with Gasteiger partial charge < -0.3 is 20.8 Å². The van der Waals surface area contributed by atoms with Crippen molar-refractivity contribution < 1.29 is 15.0 Å². The molecule has 1 saturated carbocycles. The van der Waals surface area contributed by atoms with Crippen LogP contribution in [-0.2, 0) is 4.79 Å². The Balaban J connectivity index is 1.72. The van der Waals surface area contributed by atoms with Crippen molar-refractivity contribution >= 4 is 5.91 Å². The van der Waals surface area contributed by atoms with E-state index in [4.69, 9.17) is 10.2 Å².